The maximum Gasteiger partial charge on any atom is 0.0143 e. The molecule has 0 radical (unpaired) electrons. The molecule has 3 rings (SSSR count). The highest BCUT2D eigenvalue weighted by molar-refractivity contribution is 14.1. The molecule has 2 atom stereocenters. The number of hydrogen-bond donors (Lipinski definition) is 2. The minimum Gasteiger partial charge on any atom is -0.317 e. The molecule has 98 valence electrons. The van der Waals surface area contributed by atoms with Gasteiger partial charge in [-0.25, -0.2) is 0 Å². The van der Waals surface area contributed by atoms with Crippen LogP contribution in [0.5, 0.6) is 0 Å². The summed E-state index contributed by atoms with van der Waals surface area (Å²) < 4.78 is 1.33. The number of piperidine rings is 1. The Morgan fingerprint density at radius 3 is 2.61 bits per heavy atom. The molecule has 0 amide bonds. The van der Waals surface area contributed by atoms with Crippen LogP contribution < -0.4 is 10.6 Å². The summed E-state index contributed by atoms with van der Waals surface area (Å²) in [6.45, 7) is 3.63. The molecule has 1 heterocycles. The largest absolute Gasteiger partial charge is 0.317 e. The number of halogens is 1. The van der Waals surface area contributed by atoms with Crippen LogP contribution in [-0.2, 0) is 0 Å². The fourth-order valence-electron chi connectivity index (χ4n) is 2.90. The molecule has 1 aliphatic carbocycles. The van der Waals surface area contributed by atoms with Crippen molar-refractivity contribution in [2.45, 2.75) is 31.2 Å². The quantitative estimate of drug-likeness (QED) is 0.811. The first-order valence-electron chi connectivity index (χ1n) is 7.02. The van der Waals surface area contributed by atoms with Gasteiger partial charge in [0.2, 0.25) is 0 Å². The minimum absolute atomic E-state index is 0.736. The summed E-state index contributed by atoms with van der Waals surface area (Å²) in [6, 6.07) is 9.76. The molecule has 0 spiro atoms. The molecule has 18 heavy (non-hydrogen) atoms. The van der Waals surface area contributed by atoms with Crippen molar-refractivity contribution in [1.29, 1.82) is 0 Å². The van der Waals surface area contributed by atoms with Gasteiger partial charge in [-0.2, -0.15) is 0 Å². The van der Waals surface area contributed by atoms with Crippen LogP contribution in [0.4, 0.5) is 0 Å². The van der Waals surface area contributed by atoms with Crippen molar-refractivity contribution in [2.75, 3.05) is 19.6 Å². The molecule has 2 aliphatic rings. The van der Waals surface area contributed by atoms with Gasteiger partial charge in [-0.05, 0) is 85.1 Å². The van der Waals surface area contributed by atoms with Gasteiger partial charge in [-0.15, -0.1) is 0 Å². The average Bonchev–Trinajstić information content (AvgIpc) is 3.18. The van der Waals surface area contributed by atoms with Crippen molar-refractivity contribution in [1.82, 2.24) is 10.6 Å². The summed E-state index contributed by atoms with van der Waals surface area (Å²) in [5, 5.41) is 7.19. The molecule has 2 nitrogen and oxygen atoms in total. The first-order chi connectivity index (χ1) is 8.83. The SMILES string of the molecule is Ic1ccc(C2CC2NCC2CCNCC2)cc1. The molecule has 0 aromatic heterocycles. The van der Waals surface area contributed by atoms with Crippen molar-refractivity contribution in [3.63, 3.8) is 0 Å². The molecular formula is C15H21IN2. The van der Waals surface area contributed by atoms with Gasteiger partial charge in [0.25, 0.3) is 0 Å². The second-order valence-corrected chi connectivity index (χ2v) is 6.85. The predicted octanol–water partition coefficient (Wildman–Crippen LogP) is 2.74. The van der Waals surface area contributed by atoms with Crippen LogP contribution in [0, 0.1) is 9.49 Å². The first kappa shape index (κ1) is 12.9. The molecule has 3 heteroatoms. The second kappa shape index (κ2) is 5.88. The lowest BCUT2D eigenvalue weighted by atomic mass is 9.98. The minimum atomic E-state index is 0.736. The average molecular weight is 356 g/mol. The van der Waals surface area contributed by atoms with Crippen molar-refractivity contribution in [2.24, 2.45) is 5.92 Å². The van der Waals surface area contributed by atoms with Gasteiger partial charge in [0.05, 0.1) is 0 Å². The molecule has 1 saturated carbocycles. The summed E-state index contributed by atoms with van der Waals surface area (Å²) in [5.41, 5.74) is 1.51. The van der Waals surface area contributed by atoms with E-state index in [1.807, 2.05) is 0 Å². The highest BCUT2D eigenvalue weighted by Gasteiger charge is 2.38. The van der Waals surface area contributed by atoms with Crippen molar-refractivity contribution in [3.8, 4) is 0 Å². The topological polar surface area (TPSA) is 24.1 Å². The third-order valence-electron chi connectivity index (χ3n) is 4.22. The Labute approximate surface area is 123 Å². The van der Waals surface area contributed by atoms with E-state index in [2.05, 4.69) is 57.5 Å². The fraction of sp³-hybridized carbons (Fsp3) is 0.600. The number of rotatable bonds is 4. The first-order valence-corrected chi connectivity index (χ1v) is 8.10. The van der Waals surface area contributed by atoms with Crippen LogP contribution in [0.2, 0.25) is 0 Å². The van der Waals surface area contributed by atoms with Crippen LogP contribution in [-0.4, -0.2) is 25.7 Å². The van der Waals surface area contributed by atoms with E-state index in [-0.39, 0.29) is 0 Å². The number of nitrogens with one attached hydrogen (secondary N) is 2. The zero-order valence-electron chi connectivity index (χ0n) is 10.7. The second-order valence-electron chi connectivity index (χ2n) is 5.60. The monoisotopic (exact) mass is 356 g/mol. The van der Waals surface area contributed by atoms with Crippen LogP contribution in [0.1, 0.15) is 30.7 Å². The van der Waals surface area contributed by atoms with Gasteiger partial charge < -0.3 is 10.6 Å². The molecule has 1 aliphatic heterocycles. The lowest BCUT2D eigenvalue weighted by Gasteiger charge is -2.22. The Hall–Kier alpha value is -0.130. The zero-order chi connectivity index (χ0) is 12.4. The van der Waals surface area contributed by atoms with Gasteiger partial charge in [0.15, 0.2) is 0 Å². The van der Waals surface area contributed by atoms with Crippen LogP contribution in [0.15, 0.2) is 24.3 Å². The van der Waals surface area contributed by atoms with Gasteiger partial charge >= 0.3 is 0 Å². The van der Waals surface area contributed by atoms with E-state index >= 15 is 0 Å². The van der Waals surface area contributed by atoms with Crippen molar-refractivity contribution in [3.05, 3.63) is 33.4 Å². The van der Waals surface area contributed by atoms with Gasteiger partial charge in [0.1, 0.15) is 0 Å². The van der Waals surface area contributed by atoms with Gasteiger partial charge in [-0.3, -0.25) is 0 Å². The van der Waals surface area contributed by atoms with E-state index in [1.165, 1.54) is 48.0 Å². The summed E-state index contributed by atoms with van der Waals surface area (Å²) in [4.78, 5) is 0. The number of hydrogen-bond acceptors (Lipinski definition) is 2. The van der Waals surface area contributed by atoms with Crippen molar-refractivity contribution >= 4 is 22.6 Å². The van der Waals surface area contributed by atoms with E-state index in [0.717, 1.165) is 17.9 Å². The third kappa shape index (κ3) is 3.25. The van der Waals surface area contributed by atoms with E-state index in [9.17, 15) is 0 Å². The van der Waals surface area contributed by atoms with E-state index < -0.39 is 0 Å². The molecule has 1 aromatic rings. The highest BCUT2D eigenvalue weighted by atomic mass is 127. The predicted molar refractivity (Wildman–Crippen MR) is 83.9 cm³/mol. The Morgan fingerprint density at radius 1 is 1.17 bits per heavy atom. The Bertz CT molecular complexity index is 384. The molecular weight excluding hydrogens is 335 g/mol. The lowest BCUT2D eigenvalue weighted by molar-refractivity contribution is 0.355. The molecule has 2 fully saturated rings. The smallest absolute Gasteiger partial charge is 0.0143 e. The summed E-state index contributed by atoms with van der Waals surface area (Å²) in [5.74, 6) is 1.66. The lowest BCUT2D eigenvalue weighted by Crippen LogP contribution is -2.34. The summed E-state index contributed by atoms with van der Waals surface area (Å²) in [7, 11) is 0. The van der Waals surface area contributed by atoms with Crippen LogP contribution in [0.3, 0.4) is 0 Å². The van der Waals surface area contributed by atoms with Crippen LogP contribution in [0.25, 0.3) is 0 Å². The highest BCUT2D eigenvalue weighted by Crippen LogP contribution is 2.41. The number of benzene rings is 1. The standard InChI is InChI=1S/C15H21IN2/c16-13-3-1-12(2-4-13)14-9-15(14)18-10-11-5-7-17-8-6-11/h1-4,11,14-15,17-18H,5-10H2. The zero-order valence-corrected chi connectivity index (χ0v) is 12.8. The summed E-state index contributed by atoms with van der Waals surface area (Å²) >= 11 is 2.37. The van der Waals surface area contributed by atoms with Crippen LogP contribution >= 0.6 is 22.6 Å². The van der Waals surface area contributed by atoms with E-state index in [1.54, 1.807) is 0 Å². The Kier molecular flexibility index (Phi) is 4.21. The van der Waals surface area contributed by atoms with Gasteiger partial charge in [0, 0.05) is 15.5 Å². The Balaban J connectivity index is 1.45. The maximum atomic E-state index is 3.76. The molecule has 1 saturated heterocycles. The normalized spacial score (nSPS) is 28.3. The van der Waals surface area contributed by atoms with Gasteiger partial charge in [-0.1, -0.05) is 12.1 Å². The molecule has 1 aromatic carbocycles. The maximum absolute atomic E-state index is 3.76. The summed E-state index contributed by atoms with van der Waals surface area (Å²) in [6.07, 6.45) is 4.01. The van der Waals surface area contributed by atoms with Crippen molar-refractivity contribution < 1.29 is 0 Å². The molecule has 0 bridgehead atoms. The Morgan fingerprint density at radius 2 is 1.89 bits per heavy atom. The third-order valence-corrected chi connectivity index (χ3v) is 4.94. The molecule has 2 N–H and O–H groups in total. The molecule has 2 unspecified atom stereocenters. The fourth-order valence-corrected chi connectivity index (χ4v) is 3.26. The van der Waals surface area contributed by atoms with E-state index in [0.29, 0.717) is 0 Å². The van der Waals surface area contributed by atoms with E-state index in [4.69, 9.17) is 0 Å².